The summed E-state index contributed by atoms with van der Waals surface area (Å²) < 4.78 is 5.85. The Kier molecular flexibility index (Phi) is 4.99. The molecule has 2 heteroatoms. The Balaban J connectivity index is 2.13. The van der Waals surface area contributed by atoms with E-state index < -0.39 is 0 Å². The maximum Gasteiger partial charge on any atom is 0.338 e. The van der Waals surface area contributed by atoms with E-state index in [4.69, 9.17) is 4.74 Å². The molecule has 0 heterocycles. The first-order chi connectivity index (χ1) is 10.2. The van der Waals surface area contributed by atoms with E-state index in [0.717, 1.165) is 25.7 Å². The first kappa shape index (κ1) is 17.1. The van der Waals surface area contributed by atoms with Crippen molar-refractivity contribution in [2.24, 2.45) is 5.41 Å². The van der Waals surface area contributed by atoms with Crippen LogP contribution in [-0.4, -0.2) is 11.6 Å². The molecule has 1 aliphatic carbocycles. The van der Waals surface area contributed by atoms with Gasteiger partial charge in [0.1, 0.15) is 5.60 Å². The Bertz CT molecular complexity index is 519. The minimum Gasteiger partial charge on any atom is -0.456 e. The molecule has 0 saturated heterocycles. The highest BCUT2D eigenvalue weighted by atomic mass is 16.6. The standard InChI is InChI=1S/C20H30O2/c1-15(19(2,3)4)16-10-9-11-17(14-16)18(21)22-20(5)12-7-6-8-13-20/h9-11,14-15H,6-8,12-13H2,1-5H3. The van der Waals surface area contributed by atoms with E-state index >= 15 is 0 Å². The van der Waals surface area contributed by atoms with Gasteiger partial charge in [0, 0.05) is 0 Å². The van der Waals surface area contributed by atoms with Crippen LogP contribution >= 0.6 is 0 Å². The Morgan fingerprint density at radius 3 is 2.41 bits per heavy atom. The molecule has 1 saturated carbocycles. The van der Waals surface area contributed by atoms with Gasteiger partial charge in [-0.25, -0.2) is 4.79 Å². The molecule has 0 amide bonds. The molecule has 0 bridgehead atoms. The number of carbonyl (C=O) groups is 1. The molecule has 1 aliphatic rings. The second-order valence-corrected chi connectivity index (χ2v) is 8.11. The van der Waals surface area contributed by atoms with Crippen molar-refractivity contribution in [3.05, 3.63) is 35.4 Å². The number of hydrogen-bond donors (Lipinski definition) is 0. The third kappa shape index (κ3) is 4.12. The maximum absolute atomic E-state index is 12.5. The molecule has 2 nitrogen and oxygen atoms in total. The highest BCUT2D eigenvalue weighted by Crippen LogP contribution is 2.35. The summed E-state index contributed by atoms with van der Waals surface area (Å²) in [6.45, 7) is 11.0. The summed E-state index contributed by atoms with van der Waals surface area (Å²) in [7, 11) is 0. The van der Waals surface area contributed by atoms with Gasteiger partial charge >= 0.3 is 5.97 Å². The largest absolute Gasteiger partial charge is 0.456 e. The van der Waals surface area contributed by atoms with Crippen LogP contribution in [0.3, 0.4) is 0 Å². The first-order valence-electron chi connectivity index (χ1n) is 8.55. The molecule has 1 atom stereocenters. The minimum absolute atomic E-state index is 0.174. The predicted octanol–water partition coefficient (Wildman–Crippen LogP) is 5.72. The summed E-state index contributed by atoms with van der Waals surface area (Å²) in [5.74, 6) is 0.220. The molecule has 2 rings (SSSR count). The highest BCUT2D eigenvalue weighted by molar-refractivity contribution is 5.90. The van der Waals surface area contributed by atoms with Crippen LogP contribution in [0.4, 0.5) is 0 Å². The zero-order valence-corrected chi connectivity index (χ0v) is 14.7. The highest BCUT2D eigenvalue weighted by Gasteiger charge is 2.31. The van der Waals surface area contributed by atoms with Crippen LogP contribution in [0.5, 0.6) is 0 Å². The third-order valence-corrected chi connectivity index (χ3v) is 5.17. The lowest BCUT2D eigenvalue weighted by Gasteiger charge is -2.33. The molecule has 1 fully saturated rings. The average Bonchev–Trinajstić information content (AvgIpc) is 2.46. The van der Waals surface area contributed by atoms with Crippen molar-refractivity contribution in [1.82, 2.24) is 0 Å². The SMILES string of the molecule is CC(c1cccc(C(=O)OC2(C)CCCCC2)c1)C(C)(C)C. The zero-order valence-electron chi connectivity index (χ0n) is 14.7. The van der Waals surface area contributed by atoms with E-state index in [1.165, 1.54) is 12.0 Å². The fourth-order valence-corrected chi connectivity index (χ4v) is 3.12. The van der Waals surface area contributed by atoms with Crippen molar-refractivity contribution in [2.75, 3.05) is 0 Å². The second kappa shape index (κ2) is 6.44. The molecule has 1 aromatic rings. The van der Waals surface area contributed by atoms with Crippen LogP contribution in [0.2, 0.25) is 0 Å². The van der Waals surface area contributed by atoms with Gasteiger partial charge in [-0.1, -0.05) is 46.2 Å². The summed E-state index contributed by atoms with van der Waals surface area (Å²) >= 11 is 0. The molecule has 0 aliphatic heterocycles. The topological polar surface area (TPSA) is 26.3 Å². The number of hydrogen-bond acceptors (Lipinski definition) is 2. The molecule has 0 radical (unpaired) electrons. The number of rotatable bonds is 3. The molecule has 1 aromatic carbocycles. The zero-order chi connectivity index (χ0) is 16.4. The monoisotopic (exact) mass is 302 g/mol. The van der Waals surface area contributed by atoms with Gasteiger partial charge in [-0.15, -0.1) is 0 Å². The van der Waals surface area contributed by atoms with Gasteiger partial charge < -0.3 is 4.74 Å². The molecule has 0 N–H and O–H groups in total. The normalized spacial score (nSPS) is 19.5. The summed E-state index contributed by atoms with van der Waals surface area (Å²) in [6.07, 6.45) is 5.54. The van der Waals surface area contributed by atoms with Gasteiger partial charge in [-0.05, 0) is 61.6 Å². The van der Waals surface area contributed by atoms with Crippen molar-refractivity contribution < 1.29 is 9.53 Å². The molecule has 122 valence electrons. The van der Waals surface area contributed by atoms with Crippen molar-refractivity contribution in [3.8, 4) is 0 Å². The average molecular weight is 302 g/mol. The molecular formula is C20H30O2. The quantitative estimate of drug-likeness (QED) is 0.668. The first-order valence-corrected chi connectivity index (χ1v) is 8.55. The van der Waals surface area contributed by atoms with Gasteiger partial charge in [0.2, 0.25) is 0 Å². The molecule has 0 spiro atoms. The van der Waals surface area contributed by atoms with Gasteiger partial charge in [0.25, 0.3) is 0 Å². The Labute approximate surface area is 135 Å². The summed E-state index contributed by atoms with van der Waals surface area (Å²) in [6, 6.07) is 7.95. The van der Waals surface area contributed by atoms with Crippen molar-refractivity contribution in [1.29, 1.82) is 0 Å². The lowest BCUT2D eigenvalue weighted by Crippen LogP contribution is -2.34. The second-order valence-electron chi connectivity index (χ2n) is 8.11. The van der Waals surface area contributed by atoms with Gasteiger partial charge in [0.05, 0.1) is 5.56 Å². The van der Waals surface area contributed by atoms with E-state index in [2.05, 4.69) is 40.7 Å². The summed E-state index contributed by atoms with van der Waals surface area (Å²) in [5, 5.41) is 0. The summed E-state index contributed by atoms with van der Waals surface area (Å²) in [5.41, 5.74) is 1.79. The lowest BCUT2D eigenvalue weighted by molar-refractivity contribution is -0.0269. The van der Waals surface area contributed by atoms with E-state index in [0.29, 0.717) is 11.5 Å². The van der Waals surface area contributed by atoms with Crippen LogP contribution in [0.25, 0.3) is 0 Å². The fraction of sp³-hybridized carbons (Fsp3) is 0.650. The minimum atomic E-state index is -0.277. The number of carbonyl (C=O) groups excluding carboxylic acids is 1. The fourth-order valence-electron chi connectivity index (χ4n) is 3.12. The van der Waals surface area contributed by atoms with Crippen LogP contribution in [-0.2, 0) is 4.74 Å². The van der Waals surface area contributed by atoms with E-state index in [9.17, 15) is 4.79 Å². The molecule has 0 aromatic heterocycles. The van der Waals surface area contributed by atoms with Crippen LogP contribution in [0, 0.1) is 5.41 Å². The van der Waals surface area contributed by atoms with E-state index in [1.54, 1.807) is 0 Å². The van der Waals surface area contributed by atoms with Crippen LogP contribution in [0.1, 0.15) is 88.6 Å². The third-order valence-electron chi connectivity index (χ3n) is 5.17. The Morgan fingerprint density at radius 1 is 1.18 bits per heavy atom. The van der Waals surface area contributed by atoms with Gasteiger partial charge in [-0.2, -0.15) is 0 Å². The number of ether oxygens (including phenoxy) is 1. The van der Waals surface area contributed by atoms with Crippen molar-refractivity contribution in [3.63, 3.8) is 0 Å². The van der Waals surface area contributed by atoms with Crippen LogP contribution < -0.4 is 0 Å². The van der Waals surface area contributed by atoms with Gasteiger partial charge in [0.15, 0.2) is 0 Å². The van der Waals surface area contributed by atoms with Crippen molar-refractivity contribution >= 4 is 5.97 Å². The molecule has 22 heavy (non-hydrogen) atoms. The Morgan fingerprint density at radius 2 is 1.82 bits per heavy atom. The number of esters is 1. The van der Waals surface area contributed by atoms with Crippen molar-refractivity contribution in [2.45, 2.75) is 78.2 Å². The number of benzene rings is 1. The van der Waals surface area contributed by atoms with Gasteiger partial charge in [-0.3, -0.25) is 0 Å². The van der Waals surface area contributed by atoms with Crippen LogP contribution in [0.15, 0.2) is 24.3 Å². The van der Waals surface area contributed by atoms with E-state index in [-0.39, 0.29) is 17.0 Å². The predicted molar refractivity (Wildman–Crippen MR) is 91.2 cm³/mol. The summed E-state index contributed by atoms with van der Waals surface area (Å²) in [4.78, 5) is 12.5. The molecular weight excluding hydrogens is 272 g/mol. The lowest BCUT2D eigenvalue weighted by atomic mass is 9.77. The maximum atomic E-state index is 12.5. The smallest absolute Gasteiger partial charge is 0.338 e. The van der Waals surface area contributed by atoms with E-state index in [1.807, 2.05) is 18.2 Å². The Hall–Kier alpha value is -1.31. The molecule has 1 unspecified atom stereocenters.